The molecule has 1 N–H and O–H groups in total. The molecule has 0 unspecified atom stereocenters. The second-order valence-electron chi connectivity index (χ2n) is 7.20. The van der Waals surface area contributed by atoms with Crippen molar-refractivity contribution in [3.05, 3.63) is 70.3 Å². The Morgan fingerprint density at radius 1 is 1.25 bits per heavy atom. The van der Waals surface area contributed by atoms with E-state index in [1.807, 2.05) is 0 Å². The van der Waals surface area contributed by atoms with Gasteiger partial charge in [0, 0.05) is 29.9 Å². The Kier molecular flexibility index (Phi) is 5.51. The van der Waals surface area contributed by atoms with Gasteiger partial charge in [-0.05, 0) is 31.0 Å². The number of nitro benzene ring substituents is 1. The highest BCUT2D eigenvalue weighted by Gasteiger charge is 2.38. The van der Waals surface area contributed by atoms with Crippen LogP contribution in [0.25, 0.3) is 0 Å². The number of anilines is 1. The highest BCUT2D eigenvalue weighted by molar-refractivity contribution is 5.91. The molecule has 166 valence electrons. The number of ether oxygens (including phenoxy) is 1. The summed E-state index contributed by atoms with van der Waals surface area (Å²) in [5.41, 5.74) is -1.00. The van der Waals surface area contributed by atoms with E-state index in [0.29, 0.717) is 11.4 Å². The topological polar surface area (TPSA) is 112 Å². The van der Waals surface area contributed by atoms with Crippen molar-refractivity contribution in [2.75, 3.05) is 5.32 Å². The van der Waals surface area contributed by atoms with Crippen LogP contribution in [-0.4, -0.2) is 25.6 Å². The molecule has 1 fully saturated rings. The first kappa shape index (κ1) is 21.3. The molecule has 12 heteroatoms. The average molecular weight is 447 g/mol. The summed E-state index contributed by atoms with van der Waals surface area (Å²) in [6.07, 6.45) is -0.229. The summed E-state index contributed by atoms with van der Waals surface area (Å²) < 4.78 is 45.7. The molecule has 0 atom stereocenters. The Morgan fingerprint density at radius 2 is 2.03 bits per heavy atom. The van der Waals surface area contributed by atoms with Gasteiger partial charge in [-0.15, -0.1) is 0 Å². The van der Waals surface area contributed by atoms with E-state index in [4.69, 9.17) is 4.74 Å². The maximum Gasteiger partial charge on any atom is 0.435 e. The minimum Gasteiger partial charge on any atom is -0.455 e. The van der Waals surface area contributed by atoms with Crippen LogP contribution in [0.2, 0.25) is 0 Å². The Bertz CT molecular complexity index is 1160. The number of benzene rings is 1. The lowest BCUT2D eigenvalue weighted by molar-refractivity contribution is -0.384. The van der Waals surface area contributed by atoms with Gasteiger partial charge in [-0.3, -0.25) is 24.6 Å². The number of nitrogens with one attached hydrogen (secondary N) is 1. The second-order valence-corrected chi connectivity index (χ2v) is 7.20. The number of nitrogens with zero attached hydrogens (tertiary/aromatic N) is 4. The molecule has 4 rings (SSSR count). The van der Waals surface area contributed by atoms with Gasteiger partial charge in [0.05, 0.1) is 22.9 Å². The van der Waals surface area contributed by atoms with Crippen LogP contribution in [0.3, 0.4) is 0 Å². The molecule has 2 heterocycles. The Labute approximate surface area is 179 Å². The molecule has 0 radical (unpaired) electrons. The molecule has 9 nitrogen and oxygen atoms in total. The molecule has 1 amide bonds. The first-order valence-corrected chi connectivity index (χ1v) is 9.51. The zero-order valence-electron chi connectivity index (χ0n) is 16.4. The average Bonchev–Trinajstić information content (AvgIpc) is 3.47. The quantitative estimate of drug-likeness (QED) is 0.421. The number of hydrogen-bond donors (Lipinski definition) is 1. The van der Waals surface area contributed by atoms with Gasteiger partial charge >= 0.3 is 6.18 Å². The fraction of sp³-hybridized carbons (Fsp3) is 0.250. The monoisotopic (exact) mass is 447 g/mol. The van der Waals surface area contributed by atoms with E-state index < -0.39 is 29.2 Å². The van der Waals surface area contributed by atoms with Crippen LogP contribution < -0.4 is 10.1 Å². The number of nitro groups is 1. The van der Waals surface area contributed by atoms with E-state index in [-0.39, 0.29) is 23.0 Å². The molecule has 0 spiro atoms. The number of rotatable bonds is 7. The van der Waals surface area contributed by atoms with E-state index in [2.05, 4.69) is 15.4 Å². The summed E-state index contributed by atoms with van der Waals surface area (Å²) in [7, 11) is 0. The van der Waals surface area contributed by atoms with Crippen molar-refractivity contribution < 1.29 is 27.6 Å². The van der Waals surface area contributed by atoms with Crippen molar-refractivity contribution in [2.24, 2.45) is 0 Å². The van der Waals surface area contributed by atoms with Gasteiger partial charge in [-0.1, -0.05) is 0 Å². The van der Waals surface area contributed by atoms with Crippen molar-refractivity contribution in [3.8, 4) is 11.5 Å². The van der Waals surface area contributed by atoms with Crippen LogP contribution in [0.4, 0.5) is 24.5 Å². The number of carbonyl (C=O) groups is 1. The maximum atomic E-state index is 13.0. The van der Waals surface area contributed by atoms with Gasteiger partial charge in [0.1, 0.15) is 18.0 Å². The molecule has 0 saturated heterocycles. The molecule has 32 heavy (non-hydrogen) atoms. The van der Waals surface area contributed by atoms with Crippen LogP contribution >= 0.6 is 0 Å². The first-order chi connectivity index (χ1) is 15.2. The van der Waals surface area contributed by atoms with Crippen molar-refractivity contribution in [1.29, 1.82) is 0 Å². The number of non-ortho nitro benzene ring substituents is 1. The predicted molar refractivity (Wildman–Crippen MR) is 105 cm³/mol. The largest absolute Gasteiger partial charge is 0.455 e. The van der Waals surface area contributed by atoms with Crippen LogP contribution in [-0.2, 0) is 17.5 Å². The van der Waals surface area contributed by atoms with E-state index in [1.54, 1.807) is 12.1 Å². The molecule has 1 saturated carbocycles. The molecule has 1 aliphatic rings. The third-order valence-electron chi connectivity index (χ3n) is 4.65. The highest BCUT2D eigenvalue weighted by Crippen LogP contribution is 2.42. The molecule has 3 aromatic rings. The van der Waals surface area contributed by atoms with Crippen molar-refractivity contribution in [3.63, 3.8) is 0 Å². The third kappa shape index (κ3) is 5.02. The Hall–Kier alpha value is -3.96. The number of alkyl halides is 3. The number of hydrogen-bond acceptors (Lipinski definition) is 6. The molecular weight excluding hydrogens is 431 g/mol. The minimum atomic E-state index is -4.62. The molecule has 0 bridgehead atoms. The van der Waals surface area contributed by atoms with Crippen molar-refractivity contribution in [2.45, 2.75) is 31.5 Å². The number of aromatic nitrogens is 3. The Balaban J connectivity index is 1.54. The normalized spacial score (nSPS) is 13.6. The molecule has 1 aromatic carbocycles. The van der Waals surface area contributed by atoms with Crippen molar-refractivity contribution >= 4 is 17.3 Å². The van der Waals surface area contributed by atoms with Crippen LogP contribution in [0.15, 0.2) is 48.8 Å². The van der Waals surface area contributed by atoms with Gasteiger partial charge < -0.3 is 10.1 Å². The lowest BCUT2D eigenvalue weighted by Gasteiger charge is -2.10. The summed E-state index contributed by atoms with van der Waals surface area (Å²) in [6.45, 7) is -0.469. The number of halogens is 3. The van der Waals surface area contributed by atoms with E-state index >= 15 is 0 Å². The second kappa shape index (κ2) is 8.29. The van der Waals surface area contributed by atoms with Gasteiger partial charge in [0.15, 0.2) is 5.69 Å². The van der Waals surface area contributed by atoms with Crippen LogP contribution in [0.1, 0.15) is 30.1 Å². The molecule has 1 aliphatic carbocycles. The Morgan fingerprint density at radius 3 is 2.66 bits per heavy atom. The van der Waals surface area contributed by atoms with Crippen molar-refractivity contribution in [1.82, 2.24) is 14.8 Å². The summed E-state index contributed by atoms with van der Waals surface area (Å²) in [6, 6.07) is 7.84. The summed E-state index contributed by atoms with van der Waals surface area (Å²) in [5.74, 6) is -0.338. The van der Waals surface area contributed by atoms with Crippen LogP contribution in [0, 0.1) is 10.1 Å². The summed E-state index contributed by atoms with van der Waals surface area (Å²) in [5, 5.41) is 17.3. The molecule has 0 aliphatic heterocycles. The summed E-state index contributed by atoms with van der Waals surface area (Å²) >= 11 is 0. The standard InChI is InChI=1S/C20H16F3N5O4/c21-20(22,23)18-9-17(12-3-4-12)27(26-18)11-19(29)25-13-6-14(28(30)31)8-16(7-13)32-15-2-1-5-24-10-15/h1-2,5-10,12H,3-4,11H2,(H,25,29). The van der Waals surface area contributed by atoms with Gasteiger partial charge in [-0.2, -0.15) is 18.3 Å². The van der Waals surface area contributed by atoms with E-state index in [0.717, 1.165) is 29.7 Å². The zero-order chi connectivity index (χ0) is 22.9. The fourth-order valence-electron chi connectivity index (χ4n) is 3.10. The summed E-state index contributed by atoms with van der Waals surface area (Å²) in [4.78, 5) is 27.0. The minimum absolute atomic E-state index is 0.0549. The highest BCUT2D eigenvalue weighted by atomic mass is 19.4. The van der Waals surface area contributed by atoms with Gasteiger partial charge in [0.2, 0.25) is 5.91 Å². The van der Waals surface area contributed by atoms with Crippen LogP contribution in [0.5, 0.6) is 11.5 Å². The smallest absolute Gasteiger partial charge is 0.435 e. The SMILES string of the molecule is O=C(Cn1nc(C(F)(F)F)cc1C1CC1)Nc1cc(Oc2cccnc2)cc([N+](=O)[O-])c1. The van der Waals surface area contributed by atoms with Gasteiger partial charge in [-0.25, -0.2) is 0 Å². The number of pyridine rings is 1. The van der Waals surface area contributed by atoms with Gasteiger partial charge in [0.25, 0.3) is 5.69 Å². The van der Waals surface area contributed by atoms with E-state index in [1.165, 1.54) is 24.5 Å². The lowest BCUT2D eigenvalue weighted by atomic mass is 10.2. The zero-order valence-corrected chi connectivity index (χ0v) is 16.4. The maximum absolute atomic E-state index is 13.0. The number of carbonyl (C=O) groups excluding carboxylic acids is 1. The molecular formula is C20H16F3N5O4. The molecule has 2 aromatic heterocycles. The third-order valence-corrected chi connectivity index (χ3v) is 4.65. The number of amides is 1. The first-order valence-electron chi connectivity index (χ1n) is 9.51. The fourth-order valence-corrected chi connectivity index (χ4v) is 3.10. The van der Waals surface area contributed by atoms with E-state index in [9.17, 15) is 28.1 Å². The lowest BCUT2D eigenvalue weighted by Crippen LogP contribution is -2.21. The predicted octanol–water partition coefficient (Wildman–Crippen LogP) is 4.51.